The molecule has 0 aliphatic carbocycles. The van der Waals surface area contributed by atoms with Gasteiger partial charge in [-0.05, 0) is 53.4 Å². The fourth-order valence-electron chi connectivity index (χ4n) is 3.57. The smallest absolute Gasteiger partial charge is 0.261 e. The van der Waals surface area contributed by atoms with Crippen LogP contribution in [-0.2, 0) is 22.6 Å². The summed E-state index contributed by atoms with van der Waals surface area (Å²) in [5.74, 6) is 0.171. The Hall–Kier alpha value is -2.73. The fourth-order valence-corrected chi connectivity index (χ4v) is 4.16. The maximum atomic E-state index is 13.6. The zero-order valence-corrected chi connectivity index (χ0v) is 22.5. The van der Waals surface area contributed by atoms with Crippen molar-refractivity contribution in [2.45, 2.75) is 32.9 Å². The molecule has 2 amide bonds. The van der Waals surface area contributed by atoms with Crippen molar-refractivity contribution in [1.82, 2.24) is 10.2 Å². The van der Waals surface area contributed by atoms with Gasteiger partial charge in [0, 0.05) is 34.6 Å². The van der Waals surface area contributed by atoms with Gasteiger partial charge < -0.3 is 15.0 Å². The van der Waals surface area contributed by atoms with Crippen molar-refractivity contribution in [2.75, 3.05) is 13.2 Å². The molecule has 5 nitrogen and oxygen atoms in total. The minimum absolute atomic E-state index is 0.116. The maximum Gasteiger partial charge on any atom is 0.261 e. The first kappa shape index (κ1) is 27.9. The molecule has 36 heavy (non-hydrogen) atoms. The third-order valence-electron chi connectivity index (χ3n) is 5.49. The van der Waals surface area contributed by atoms with Crippen molar-refractivity contribution >= 4 is 46.6 Å². The van der Waals surface area contributed by atoms with E-state index in [0.717, 1.165) is 5.56 Å². The van der Waals surface area contributed by atoms with Crippen LogP contribution in [0.1, 0.15) is 25.0 Å². The van der Waals surface area contributed by atoms with Gasteiger partial charge in [0.2, 0.25) is 5.91 Å². The van der Waals surface area contributed by atoms with Gasteiger partial charge in [-0.2, -0.15) is 0 Å². The zero-order chi connectivity index (χ0) is 26.1. The first-order valence-corrected chi connectivity index (χ1v) is 12.8. The molecule has 3 rings (SSSR count). The van der Waals surface area contributed by atoms with E-state index in [1.807, 2.05) is 44.2 Å². The zero-order valence-electron chi connectivity index (χ0n) is 20.2. The number of rotatable bonds is 11. The lowest BCUT2D eigenvalue weighted by Crippen LogP contribution is -2.52. The molecule has 190 valence electrons. The fraction of sp³-hybridized carbons (Fsp3) is 0.286. The van der Waals surface area contributed by atoms with Gasteiger partial charge in [-0.3, -0.25) is 9.59 Å². The van der Waals surface area contributed by atoms with Gasteiger partial charge in [-0.25, -0.2) is 0 Å². The maximum absolute atomic E-state index is 13.6. The van der Waals surface area contributed by atoms with E-state index in [-0.39, 0.29) is 30.9 Å². The molecular weight excluding hydrogens is 519 g/mol. The van der Waals surface area contributed by atoms with Crippen molar-refractivity contribution in [3.63, 3.8) is 0 Å². The Balaban J connectivity index is 1.92. The normalized spacial score (nSPS) is 11.7. The number of carbonyl (C=O) groups excluding carboxylic acids is 2. The van der Waals surface area contributed by atoms with Gasteiger partial charge in [0.15, 0.2) is 6.61 Å². The molecule has 8 heteroatoms. The lowest BCUT2D eigenvalue weighted by molar-refractivity contribution is -0.142. The molecule has 1 atom stereocenters. The number of nitrogens with zero attached hydrogens (tertiary/aromatic N) is 1. The molecule has 0 bridgehead atoms. The number of benzene rings is 3. The van der Waals surface area contributed by atoms with E-state index in [1.165, 1.54) is 4.90 Å². The van der Waals surface area contributed by atoms with Crippen molar-refractivity contribution in [3.8, 4) is 5.75 Å². The molecule has 0 aromatic heterocycles. The minimum atomic E-state index is -0.779. The van der Waals surface area contributed by atoms with Crippen LogP contribution in [0.15, 0.2) is 72.8 Å². The number of ether oxygens (including phenoxy) is 1. The molecule has 3 aromatic carbocycles. The number of amides is 2. The molecule has 0 unspecified atom stereocenters. The van der Waals surface area contributed by atoms with Gasteiger partial charge in [0.1, 0.15) is 11.8 Å². The molecule has 0 saturated heterocycles. The van der Waals surface area contributed by atoms with Crippen molar-refractivity contribution in [1.29, 1.82) is 0 Å². The number of halogens is 3. The second-order valence-electron chi connectivity index (χ2n) is 8.84. The summed E-state index contributed by atoms with van der Waals surface area (Å²) >= 11 is 18.5. The van der Waals surface area contributed by atoms with Crippen LogP contribution in [0.25, 0.3) is 0 Å². The largest absolute Gasteiger partial charge is 0.484 e. The van der Waals surface area contributed by atoms with E-state index in [9.17, 15) is 9.59 Å². The Labute approximate surface area is 227 Å². The van der Waals surface area contributed by atoms with E-state index in [4.69, 9.17) is 39.5 Å². The molecule has 0 radical (unpaired) electrons. The van der Waals surface area contributed by atoms with Crippen LogP contribution in [0.3, 0.4) is 0 Å². The third kappa shape index (κ3) is 8.44. The van der Waals surface area contributed by atoms with E-state index >= 15 is 0 Å². The summed E-state index contributed by atoms with van der Waals surface area (Å²) in [6.07, 6.45) is 0.336. The molecular formula is C28H29Cl3N2O3. The number of carbonyl (C=O) groups is 2. The van der Waals surface area contributed by atoms with Crippen molar-refractivity contribution in [2.24, 2.45) is 5.92 Å². The summed E-state index contributed by atoms with van der Waals surface area (Å²) in [5.41, 5.74) is 1.61. The molecule has 0 spiro atoms. The average Bonchev–Trinajstić information content (AvgIpc) is 2.86. The van der Waals surface area contributed by atoms with Crippen LogP contribution < -0.4 is 10.1 Å². The van der Waals surface area contributed by atoms with Crippen LogP contribution in [-0.4, -0.2) is 35.9 Å². The molecule has 1 N–H and O–H groups in total. The molecule has 0 saturated carbocycles. The Bertz CT molecular complexity index is 1150. The van der Waals surface area contributed by atoms with E-state index in [0.29, 0.717) is 39.3 Å². The standard InChI is InChI=1S/C28H29Cl3N2O3/c1-19(2)16-32-28(35)26(14-20-6-4-3-5-7-20)33(17-21-8-9-23(30)15-25(21)31)27(34)18-36-24-12-10-22(29)11-13-24/h3-13,15,19,26H,14,16-18H2,1-2H3,(H,32,35)/t26-/m1/s1. The quantitative estimate of drug-likeness (QED) is 0.301. The molecule has 0 heterocycles. The summed E-state index contributed by atoms with van der Waals surface area (Å²) in [5, 5.41) is 4.46. The monoisotopic (exact) mass is 546 g/mol. The SMILES string of the molecule is CC(C)CNC(=O)[C@@H](Cc1ccccc1)N(Cc1ccc(Cl)cc1Cl)C(=O)COc1ccc(Cl)cc1. The van der Waals surface area contributed by atoms with Crippen LogP contribution in [0.2, 0.25) is 15.1 Å². The average molecular weight is 548 g/mol. The van der Waals surface area contributed by atoms with Gasteiger partial charge in [0.25, 0.3) is 5.91 Å². The summed E-state index contributed by atoms with van der Waals surface area (Å²) < 4.78 is 5.73. The summed E-state index contributed by atoms with van der Waals surface area (Å²) in [6, 6.07) is 20.7. The van der Waals surface area contributed by atoms with Crippen molar-refractivity contribution in [3.05, 3.63) is 99.0 Å². The van der Waals surface area contributed by atoms with Crippen molar-refractivity contribution < 1.29 is 14.3 Å². The topological polar surface area (TPSA) is 58.6 Å². The van der Waals surface area contributed by atoms with E-state index in [2.05, 4.69) is 5.32 Å². The van der Waals surface area contributed by atoms with E-state index in [1.54, 1.807) is 42.5 Å². The lowest BCUT2D eigenvalue weighted by Gasteiger charge is -2.32. The Morgan fingerprint density at radius 2 is 1.58 bits per heavy atom. The molecule has 0 fully saturated rings. The predicted molar refractivity (Wildman–Crippen MR) is 146 cm³/mol. The highest BCUT2D eigenvalue weighted by Gasteiger charge is 2.31. The first-order chi connectivity index (χ1) is 17.2. The highest BCUT2D eigenvalue weighted by Crippen LogP contribution is 2.24. The highest BCUT2D eigenvalue weighted by molar-refractivity contribution is 6.35. The molecule has 0 aliphatic rings. The summed E-state index contributed by atoms with van der Waals surface area (Å²) in [7, 11) is 0. The number of nitrogens with one attached hydrogen (secondary N) is 1. The van der Waals surface area contributed by atoms with Gasteiger partial charge in [-0.15, -0.1) is 0 Å². The highest BCUT2D eigenvalue weighted by atomic mass is 35.5. The van der Waals surface area contributed by atoms with Gasteiger partial charge in [-0.1, -0.05) is 85.0 Å². The van der Waals surface area contributed by atoms with E-state index < -0.39 is 6.04 Å². The molecule has 0 aliphatic heterocycles. The molecule has 3 aromatic rings. The van der Waals surface area contributed by atoms with Crippen LogP contribution in [0.4, 0.5) is 0 Å². The second-order valence-corrected chi connectivity index (χ2v) is 10.1. The van der Waals surface area contributed by atoms with Crippen LogP contribution in [0.5, 0.6) is 5.75 Å². The summed E-state index contributed by atoms with van der Waals surface area (Å²) in [4.78, 5) is 28.5. The predicted octanol–water partition coefficient (Wildman–Crippen LogP) is 6.44. The number of hydrogen-bond donors (Lipinski definition) is 1. The van der Waals surface area contributed by atoms with Crippen LogP contribution in [0, 0.1) is 5.92 Å². The Morgan fingerprint density at radius 1 is 0.917 bits per heavy atom. The third-order valence-corrected chi connectivity index (χ3v) is 6.33. The van der Waals surface area contributed by atoms with Gasteiger partial charge in [0.05, 0.1) is 0 Å². The second kappa shape index (κ2) is 13.5. The van der Waals surface area contributed by atoms with Gasteiger partial charge >= 0.3 is 0 Å². The minimum Gasteiger partial charge on any atom is -0.484 e. The lowest BCUT2D eigenvalue weighted by atomic mass is 10.0. The first-order valence-electron chi connectivity index (χ1n) is 11.7. The van der Waals surface area contributed by atoms with Crippen LogP contribution >= 0.6 is 34.8 Å². The Morgan fingerprint density at radius 3 is 2.22 bits per heavy atom. The summed E-state index contributed by atoms with van der Waals surface area (Å²) in [6.45, 7) is 4.39. The number of hydrogen-bond acceptors (Lipinski definition) is 3. The Kier molecular flexibility index (Phi) is 10.5.